The van der Waals surface area contributed by atoms with E-state index in [-0.39, 0.29) is 0 Å². The minimum absolute atomic E-state index is 0.394. The molecule has 0 atom stereocenters. The van der Waals surface area contributed by atoms with Crippen molar-refractivity contribution >= 4 is 26.9 Å². The molecule has 0 saturated heterocycles. The van der Waals surface area contributed by atoms with Crippen LogP contribution in [-0.2, 0) is 0 Å². The van der Waals surface area contributed by atoms with Gasteiger partial charge in [-0.25, -0.2) is 0 Å². The summed E-state index contributed by atoms with van der Waals surface area (Å²) in [4.78, 5) is 0. The van der Waals surface area contributed by atoms with Crippen molar-refractivity contribution in [1.82, 2.24) is 5.16 Å². The van der Waals surface area contributed by atoms with Crippen LogP contribution in [0.5, 0.6) is 0 Å². The van der Waals surface area contributed by atoms with Gasteiger partial charge in [0.05, 0.1) is 10.2 Å². The molecule has 74 valence electrons. The van der Waals surface area contributed by atoms with Gasteiger partial charge in [0, 0.05) is 5.39 Å². The van der Waals surface area contributed by atoms with Gasteiger partial charge in [-0.2, -0.15) is 0 Å². The summed E-state index contributed by atoms with van der Waals surface area (Å²) in [5.41, 5.74) is 3.05. The Balaban J connectivity index is 2.77. The fourth-order valence-corrected chi connectivity index (χ4v) is 1.92. The Morgan fingerprint density at radius 1 is 1.36 bits per heavy atom. The molecule has 0 amide bonds. The summed E-state index contributed by atoms with van der Waals surface area (Å²) in [6.07, 6.45) is 0. The largest absolute Gasteiger partial charge is 0.355 e. The predicted octanol–water partition coefficient (Wildman–Crippen LogP) is 4.02. The van der Waals surface area contributed by atoms with Crippen molar-refractivity contribution < 1.29 is 4.52 Å². The first kappa shape index (κ1) is 9.71. The molecule has 1 aromatic carbocycles. The first-order valence-electron chi connectivity index (χ1n) is 4.65. The topological polar surface area (TPSA) is 26.0 Å². The summed E-state index contributed by atoms with van der Waals surface area (Å²) in [7, 11) is 0. The third kappa shape index (κ3) is 1.36. The minimum Gasteiger partial charge on any atom is -0.355 e. The normalized spacial score (nSPS) is 11.5. The van der Waals surface area contributed by atoms with Crippen LogP contribution in [0.4, 0.5) is 0 Å². The molecule has 0 saturated carbocycles. The van der Waals surface area contributed by atoms with Crippen molar-refractivity contribution in [2.75, 3.05) is 0 Å². The van der Waals surface area contributed by atoms with E-state index in [2.05, 4.69) is 47.1 Å². The third-order valence-electron chi connectivity index (χ3n) is 2.35. The summed E-state index contributed by atoms with van der Waals surface area (Å²) in [6, 6.07) is 4.15. The second kappa shape index (κ2) is 3.39. The van der Waals surface area contributed by atoms with Crippen molar-refractivity contribution in [2.24, 2.45) is 0 Å². The lowest BCUT2D eigenvalue weighted by atomic mass is 10.1. The van der Waals surface area contributed by atoms with Gasteiger partial charge in [0.1, 0.15) is 0 Å². The average Bonchev–Trinajstić information content (AvgIpc) is 2.55. The number of nitrogens with zero attached hydrogens (tertiary/aromatic N) is 1. The van der Waals surface area contributed by atoms with E-state index in [9.17, 15) is 0 Å². The van der Waals surface area contributed by atoms with Crippen molar-refractivity contribution in [3.63, 3.8) is 0 Å². The molecule has 2 rings (SSSR count). The number of benzene rings is 1. The van der Waals surface area contributed by atoms with Crippen molar-refractivity contribution in [1.29, 1.82) is 0 Å². The van der Waals surface area contributed by atoms with Crippen molar-refractivity contribution in [2.45, 2.75) is 26.7 Å². The van der Waals surface area contributed by atoms with Crippen LogP contribution in [0.25, 0.3) is 11.0 Å². The molecule has 0 bridgehead atoms. The van der Waals surface area contributed by atoms with Gasteiger partial charge in [-0.3, -0.25) is 0 Å². The van der Waals surface area contributed by atoms with Crippen LogP contribution in [-0.4, -0.2) is 5.16 Å². The lowest BCUT2D eigenvalue weighted by Gasteiger charge is -2.00. The number of aryl methyl sites for hydroxylation is 1. The molecule has 0 spiro atoms. The molecule has 0 N–H and O–H groups in total. The molecular formula is C11H12BrNO. The highest BCUT2D eigenvalue weighted by Crippen LogP contribution is 2.31. The van der Waals surface area contributed by atoms with E-state index in [4.69, 9.17) is 4.52 Å². The maximum Gasteiger partial charge on any atom is 0.181 e. The second-order valence-corrected chi connectivity index (χ2v) is 4.59. The van der Waals surface area contributed by atoms with Gasteiger partial charge in [0.15, 0.2) is 5.58 Å². The van der Waals surface area contributed by atoms with E-state index in [1.54, 1.807) is 0 Å². The van der Waals surface area contributed by atoms with Gasteiger partial charge in [-0.1, -0.05) is 25.1 Å². The Hall–Kier alpha value is -0.830. The number of fused-ring (bicyclic) bond motifs is 1. The van der Waals surface area contributed by atoms with E-state index < -0.39 is 0 Å². The number of aromatic nitrogens is 1. The van der Waals surface area contributed by atoms with E-state index in [0.717, 1.165) is 21.1 Å². The Labute approximate surface area is 91.4 Å². The van der Waals surface area contributed by atoms with Crippen LogP contribution < -0.4 is 0 Å². The van der Waals surface area contributed by atoms with Crippen LogP contribution in [0, 0.1) is 6.92 Å². The molecule has 0 aliphatic carbocycles. The van der Waals surface area contributed by atoms with Gasteiger partial charge in [0.25, 0.3) is 0 Å². The van der Waals surface area contributed by atoms with Crippen LogP contribution in [0.15, 0.2) is 21.1 Å². The maximum atomic E-state index is 5.33. The van der Waals surface area contributed by atoms with E-state index >= 15 is 0 Å². The summed E-state index contributed by atoms with van der Waals surface area (Å²) in [5.74, 6) is 0.394. The van der Waals surface area contributed by atoms with Gasteiger partial charge in [0.2, 0.25) is 0 Å². The molecule has 2 nitrogen and oxygen atoms in total. The Morgan fingerprint density at radius 3 is 2.71 bits per heavy atom. The van der Waals surface area contributed by atoms with Crippen LogP contribution in [0.1, 0.15) is 31.0 Å². The Morgan fingerprint density at radius 2 is 2.07 bits per heavy atom. The standard InChI is InChI=1S/C11H12BrNO/c1-6(2)10-8-5-4-7(3)9(12)11(8)14-13-10/h4-6H,1-3H3. The zero-order valence-corrected chi connectivity index (χ0v) is 10.1. The van der Waals surface area contributed by atoms with Crippen LogP contribution >= 0.6 is 15.9 Å². The molecule has 0 aliphatic heterocycles. The van der Waals surface area contributed by atoms with Gasteiger partial charge in [-0.15, -0.1) is 0 Å². The highest BCUT2D eigenvalue weighted by molar-refractivity contribution is 9.10. The monoisotopic (exact) mass is 253 g/mol. The Kier molecular flexibility index (Phi) is 2.35. The molecule has 0 radical (unpaired) electrons. The highest BCUT2D eigenvalue weighted by Gasteiger charge is 2.14. The van der Waals surface area contributed by atoms with Crippen LogP contribution in [0.3, 0.4) is 0 Å². The molecule has 14 heavy (non-hydrogen) atoms. The fourth-order valence-electron chi connectivity index (χ4n) is 1.51. The summed E-state index contributed by atoms with van der Waals surface area (Å²) >= 11 is 3.51. The summed E-state index contributed by atoms with van der Waals surface area (Å²) < 4.78 is 6.33. The predicted molar refractivity (Wildman–Crippen MR) is 60.5 cm³/mol. The molecule has 0 fully saturated rings. The molecule has 1 heterocycles. The van der Waals surface area contributed by atoms with Crippen LogP contribution in [0.2, 0.25) is 0 Å². The van der Waals surface area contributed by atoms with Gasteiger partial charge in [-0.05, 0) is 40.4 Å². The lowest BCUT2D eigenvalue weighted by molar-refractivity contribution is 0.440. The van der Waals surface area contributed by atoms with E-state index in [1.165, 1.54) is 5.56 Å². The van der Waals surface area contributed by atoms with Crippen molar-refractivity contribution in [3.05, 3.63) is 27.9 Å². The molecule has 0 unspecified atom stereocenters. The zero-order valence-electron chi connectivity index (χ0n) is 8.47. The molecule has 1 aromatic heterocycles. The lowest BCUT2D eigenvalue weighted by Crippen LogP contribution is -1.87. The molecule has 3 heteroatoms. The smallest absolute Gasteiger partial charge is 0.181 e. The fraction of sp³-hybridized carbons (Fsp3) is 0.364. The maximum absolute atomic E-state index is 5.33. The molecular weight excluding hydrogens is 242 g/mol. The number of hydrogen-bond donors (Lipinski definition) is 0. The summed E-state index contributed by atoms with van der Waals surface area (Å²) in [5, 5.41) is 5.20. The molecule has 2 aromatic rings. The number of rotatable bonds is 1. The Bertz CT molecular complexity index is 473. The quantitative estimate of drug-likeness (QED) is 0.768. The van der Waals surface area contributed by atoms with E-state index in [0.29, 0.717) is 5.92 Å². The first-order valence-corrected chi connectivity index (χ1v) is 5.45. The second-order valence-electron chi connectivity index (χ2n) is 3.80. The zero-order chi connectivity index (χ0) is 10.3. The average molecular weight is 254 g/mol. The third-order valence-corrected chi connectivity index (χ3v) is 3.33. The number of hydrogen-bond acceptors (Lipinski definition) is 2. The van der Waals surface area contributed by atoms with Crippen molar-refractivity contribution in [3.8, 4) is 0 Å². The van der Waals surface area contributed by atoms with Gasteiger partial charge < -0.3 is 4.52 Å². The minimum atomic E-state index is 0.394. The number of halogens is 1. The SMILES string of the molecule is Cc1ccc2c(C(C)C)noc2c1Br. The highest BCUT2D eigenvalue weighted by atomic mass is 79.9. The van der Waals surface area contributed by atoms with E-state index in [1.807, 2.05) is 6.92 Å². The van der Waals surface area contributed by atoms with Gasteiger partial charge >= 0.3 is 0 Å². The molecule has 0 aliphatic rings. The summed E-state index contributed by atoms with van der Waals surface area (Å²) in [6.45, 7) is 6.28. The first-order chi connectivity index (χ1) is 6.61.